The molecule has 0 saturated heterocycles. The average molecular weight is 271 g/mol. The van der Waals surface area contributed by atoms with Crippen molar-refractivity contribution in [1.82, 2.24) is 10.3 Å². The van der Waals surface area contributed by atoms with Crippen LogP contribution < -0.4 is 10.6 Å². The Morgan fingerprint density at radius 3 is 2.70 bits per heavy atom. The molecule has 2 aromatic rings. The Kier molecular flexibility index (Phi) is 4.69. The zero-order chi connectivity index (χ0) is 14.5. The highest BCUT2D eigenvalue weighted by Gasteiger charge is 2.11. The standard InChI is InChI=1S/C16H21N3O/c1-11(2)18-12(3)10-15(20)19-14-8-4-6-13-7-5-9-17-16(13)14/h4-9,11-12,18H,10H2,1-3H3,(H,19,20). The summed E-state index contributed by atoms with van der Waals surface area (Å²) in [6.45, 7) is 6.16. The van der Waals surface area contributed by atoms with E-state index in [-0.39, 0.29) is 11.9 Å². The summed E-state index contributed by atoms with van der Waals surface area (Å²) < 4.78 is 0. The van der Waals surface area contributed by atoms with Crippen LogP contribution in [0, 0.1) is 0 Å². The summed E-state index contributed by atoms with van der Waals surface area (Å²) in [5.41, 5.74) is 1.60. The van der Waals surface area contributed by atoms with Gasteiger partial charge in [0.2, 0.25) is 5.91 Å². The molecule has 2 rings (SSSR count). The van der Waals surface area contributed by atoms with Gasteiger partial charge in [0.05, 0.1) is 11.2 Å². The predicted octanol–water partition coefficient (Wildman–Crippen LogP) is 2.95. The molecule has 1 heterocycles. The summed E-state index contributed by atoms with van der Waals surface area (Å²) >= 11 is 0. The maximum absolute atomic E-state index is 12.1. The molecule has 4 nitrogen and oxygen atoms in total. The van der Waals surface area contributed by atoms with Gasteiger partial charge in [0.1, 0.15) is 0 Å². The lowest BCUT2D eigenvalue weighted by Crippen LogP contribution is -2.35. The number of carbonyl (C=O) groups is 1. The molecule has 1 aromatic carbocycles. The van der Waals surface area contributed by atoms with Crippen LogP contribution in [-0.4, -0.2) is 23.0 Å². The van der Waals surface area contributed by atoms with Crippen molar-refractivity contribution in [2.75, 3.05) is 5.32 Å². The fourth-order valence-electron chi connectivity index (χ4n) is 2.31. The molecule has 20 heavy (non-hydrogen) atoms. The second-order valence-electron chi connectivity index (χ2n) is 5.36. The molecule has 1 aromatic heterocycles. The van der Waals surface area contributed by atoms with Crippen LogP contribution >= 0.6 is 0 Å². The minimum absolute atomic E-state index is 0.00352. The number of nitrogens with one attached hydrogen (secondary N) is 2. The number of para-hydroxylation sites is 1. The van der Waals surface area contributed by atoms with E-state index in [0.29, 0.717) is 12.5 Å². The molecule has 0 aliphatic rings. The Balaban J connectivity index is 2.06. The molecular weight excluding hydrogens is 250 g/mol. The Morgan fingerprint density at radius 2 is 1.95 bits per heavy atom. The topological polar surface area (TPSA) is 54.0 Å². The second-order valence-corrected chi connectivity index (χ2v) is 5.36. The maximum Gasteiger partial charge on any atom is 0.225 e. The van der Waals surface area contributed by atoms with Crippen molar-refractivity contribution in [3.63, 3.8) is 0 Å². The summed E-state index contributed by atoms with van der Waals surface area (Å²) in [4.78, 5) is 16.4. The third-order valence-electron chi connectivity index (χ3n) is 3.02. The lowest BCUT2D eigenvalue weighted by Gasteiger charge is -2.16. The second kappa shape index (κ2) is 6.48. The van der Waals surface area contributed by atoms with Crippen LogP contribution in [0.5, 0.6) is 0 Å². The first kappa shape index (κ1) is 14.5. The lowest BCUT2D eigenvalue weighted by molar-refractivity contribution is -0.116. The van der Waals surface area contributed by atoms with Crippen molar-refractivity contribution < 1.29 is 4.79 Å². The Labute approximate surface area is 119 Å². The van der Waals surface area contributed by atoms with Gasteiger partial charge >= 0.3 is 0 Å². The first-order valence-corrected chi connectivity index (χ1v) is 6.96. The van der Waals surface area contributed by atoms with E-state index in [1.807, 2.05) is 37.3 Å². The molecule has 0 fully saturated rings. The van der Waals surface area contributed by atoms with Gasteiger partial charge < -0.3 is 10.6 Å². The van der Waals surface area contributed by atoms with Crippen molar-refractivity contribution in [3.8, 4) is 0 Å². The van der Waals surface area contributed by atoms with Gasteiger partial charge in [-0.15, -0.1) is 0 Å². The number of carbonyl (C=O) groups excluding carboxylic acids is 1. The van der Waals surface area contributed by atoms with E-state index in [1.165, 1.54) is 0 Å². The summed E-state index contributed by atoms with van der Waals surface area (Å²) in [6.07, 6.45) is 2.18. The minimum atomic E-state index is 0.00352. The number of anilines is 1. The Bertz CT molecular complexity index is 590. The number of amides is 1. The highest BCUT2D eigenvalue weighted by Crippen LogP contribution is 2.20. The highest BCUT2D eigenvalue weighted by atomic mass is 16.1. The van der Waals surface area contributed by atoms with Crippen molar-refractivity contribution >= 4 is 22.5 Å². The molecule has 1 unspecified atom stereocenters. The third-order valence-corrected chi connectivity index (χ3v) is 3.02. The van der Waals surface area contributed by atoms with E-state index in [1.54, 1.807) is 6.20 Å². The zero-order valence-corrected chi connectivity index (χ0v) is 12.2. The number of pyridine rings is 1. The Morgan fingerprint density at radius 1 is 1.20 bits per heavy atom. The fraction of sp³-hybridized carbons (Fsp3) is 0.375. The van der Waals surface area contributed by atoms with Gasteiger partial charge in [0, 0.05) is 30.1 Å². The van der Waals surface area contributed by atoms with Gasteiger partial charge in [-0.2, -0.15) is 0 Å². The molecule has 4 heteroatoms. The van der Waals surface area contributed by atoms with Gasteiger partial charge in [0.25, 0.3) is 0 Å². The van der Waals surface area contributed by atoms with Gasteiger partial charge in [-0.1, -0.05) is 32.0 Å². The van der Waals surface area contributed by atoms with E-state index in [4.69, 9.17) is 0 Å². The van der Waals surface area contributed by atoms with Crippen LogP contribution in [0.15, 0.2) is 36.5 Å². The highest BCUT2D eigenvalue weighted by molar-refractivity contribution is 6.00. The minimum Gasteiger partial charge on any atom is -0.324 e. The van der Waals surface area contributed by atoms with Gasteiger partial charge in [0.15, 0.2) is 0 Å². The van der Waals surface area contributed by atoms with Crippen molar-refractivity contribution in [2.24, 2.45) is 0 Å². The summed E-state index contributed by atoms with van der Waals surface area (Å²) in [5, 5.41) is 7.29. The van der Waals surface area contributed by atoms with Crippen molar-refractivity contribution in [2.45, 2.75) is 39.3 Å². The van der Waals surface area contributed by atoms with Gasteiger partial charge in [-0.3, -0.25) is 9.78 Å². The molecule has 0 bridgehead atoms. The van der Waals surface area contributed by atoms with Crippen LogP contribution in [0.25, 0.3) is 10.9 Å². The first-order valence-electron chi connectivity index (χ1n) is 6.96. The van der Waals surface area contributed by atoms with E-state index < -0.39 is 0 Å². The van der Waals surface area contributed by atoms with E-state index in [9.17, 15) is 4.79 Å². The molecule has 0 saturated carbocycles. The molecule has 2 N–H and O–H groups in total. The van der Waals surface area contributed by atoms with Crippen molar-refractivity contribution in [3.05, 3.63) is 36.5 Å². The SMILES string of the molecule is CC(C)NC(C)CC(=O)Nc1cccc2cccnc12. The number of nitrogens with zero attached hydrogens (tertiary/aromatic N) is 1. The van der Waals surface area contributed by atoms with E-state index in [0.717, 1.165) is 16.6 Å². The van der Waals surface area contributed by atoms with Crippen LogP contribution in [0.3, 0.4) is 0 Å². The monoisotopic (exact) mass is 271 g/mol. The molecular formula is C16H21N3O. The fourth-order valence-corrected chi connectivity index (χ4v) is 2.31. The maximum atomic E-state index is 12.1. The van der Waals surface area contributed by atoms with E-state index >= 15 is 0 Å². The molecule has 0 radical (unpaired) electrons. The summed E-state index contributed by atoms with van der Waals surface area (Å²) in [7, 11) is 0. The number of hydrogen-bond donors (Lipinski definition) is 2. The number of benzene rings is 1. The summed E-state index contributed by atoms with van der Waals surface area (Å²) in [6, 6.07) is 10.2. The van der Waals surface area contributed by atoms with Crippen molar-refractivity contribution in [1.29, 1.82) is 0 Å². The summed E-state index contributed by atoms with van der Waals surface area (Å²) in [5.74, 6) is 0.00352. The molecule has 1 atom stereocenters. The molecule has 0 aliphatic carbocycles. The van der Waals surface area contributed by atoms with Gasteiger partial charge in [-0.05, 0) is 19.1 Å². The number of fused-ring (bicyclic) bond motifs is 1. The van der Waals surface area contributed by atoms with Gasteiger partial charge in [-0.25, -0.2) is 0 Å². The number of hydrogen-bond acceptors (Lipinski definition) is 3. The largest absolute Gasteiger partial charge is 0.324 e. The molecule has 106 valence electrons. The lowest BCUT2D eigenvalue weighted by atomic mass is 10.1. The average Bonchev–Trinajstić information content (AvgIpc) is 2.38. The van der Waals surface area contributed by atoms with Crippen LogP contribution in [0.4, 0.5) is 5.69 Å². The van der Waals surface area contributed by atoms with Crippen LogP contribution in [-0.2, 0) is 4.79 Å². The Hall–Kier alpha value is -1.94. The van der Waals surface area contributed by atoms with E-state index in [2.05, 4.69) is 29.5 Å². The number of rotatable bonds is 5. The number of aromatic nitrogens is 1. The molecule has 1 amide bonds. The predicted molar refractivity (Wildman–Crippen MR) is 82.7 cm³/mol. The third kappa shape index (κ3) is 3.78. The van der Waals surface area contributed by atoms with Crippen LogP contribution in [0.1, 0.15) is 27.2 Å². The van der Waals surface area contributed by atoms with Crippen LogP contribution in [0.2, 0.25) is 0 Å². The quantitative estimate of drug-likeness (QED) is 0.879. The first-order chi connectivity index (χ1) is 9.56. The smallest absolute Gasteiger partial charge is 0.225 e. The molecule has 0 aliphatic heterocycles. The normalized spacial score (nSPS) is 12.6. The zero-order valence-electron chi connectivity index (χ0n) is 12.2. The molecule has 0 spiro atoms.